The van der Waals surface area contributed by atoms with Crippen LogP contribution in [0.4, 0.5) is 24.7 Å². The van der Waals surface area contributed by atoms with Gasteiger partial charge in [-0.25, -0.2) is 9.59 Å². The van der Waals surface area contributed by atoms with Crippen molar-refractivity contribution < 1.29 is 22.8 Å². The number of likely N-dealkylation sites (tertiary alicyclic amines) is 1. The molecule has 1 aromatic heterocycles. The van der Waals surface area contributed by atoms with Gasteiger partial charge >= 0.3 is 17.8 Å². The summed E-state index contributed by atoms with van der Waals surface area (Å²) < 4.78 is 42.4. The average Bonchev–Trinajstić information content (AvgIpc) is 3.49. The van der Waals surface area contributed by atoms with E-state index in [1.807, 2.05) is 32.6 Å². The highest BCUT2D eigenvalue weighted by atomic mass is 19.4. The Morgan fingerprint density at radius 1 is 1.08 bits per heavy atom. The molecule has 13 heteroatoms. The van der Waals surface area contributed by atoms with E-state index in [9.17, 15) is 27.6 Å². The summed E-state index contributed by atoms with van der Waals surface area (Å²) in [6.07, 6.45) is -4.18. The van der Waals surface area contributed by atoms with Gasteiger partial charge in [0.25, 0.3) is 5.56 Å². The van der Waals surface area contributed by atoms with Crippen LogP contribution in [-0.2, 0) is 23.2 Å². The molecule has 3 atom stereocenters. The molecule has 1 N–H and O–H groups in total. The van der Waals surface area contributed by atoms with Gasteiger partial charge < -0.3 is 15.1 Å². The minimum atomic E-state index is -5.25. The lowest BCUT2D eigenvalue weighted by molar-refractivity contribution is -0.203. The van der Waals surface area contributed by atoms with Gasteiger partial charge in [-0.05, 0) is 43.6 Å². The van der Waals surface area contributed by atoms with Crippen LogP contribution in [0.15, 0.2) is 9.59 Å². The summed E-state index contributed by atoms with van der Waals surface area (Å²) in [5.74, 6) is -1.76. The lowest BCUT2D eigenvalue weighted by Crippen LogP contribution is -2.59. The molecule has 0 aromatic carbocycles. The van der Waals surface area contributed by atoms with Crippen molar-refractivity contribution in [1.29, 1.82) is 0 Å². The zero-order valence-electron chi connectivity index (χ0n) is 22.0. The molecule has 37 heavy (non-hydrogen) atoms. The van der Waals surface area contributed by atoms with Gasteiger partial charge in [0.2, 0.25) is 0 Å². The second-order valence-electron chi connectivity index (χ2n) is 11.1. The molecule has 10 nitrogen and oxygen atoms in total. The molecule has 0 radical (unpaired) electrons. The molecular formula is C24H37F3N6O4. The number of halogens is 3. The molecule has 4 heterocycles. The first-order valence-corrected chi connectivity index (χ1v) is 13.0. The molecule has 0 saturated carbocycles. The summed E-state index contributed by atoms with van der Waals surface area (Å²) in [5, 5.41) is 4.17. The molecule has 208 valence electrons. The van der Waals surface area contributed by atoms with Crippen molar-refractivity contribution >= 4 is 17.5 Å². The lowest BCUT2D eigenvalue weighted by Gasteiger charge is -2.40. The first-order chi connectivity index (χ1) is 17.3. The van der Waals surface area contributed by atoms with Crippen LogP contribution in [0.1, 0.15) is 47.0 Å². The van der Waals surface area contributed by atoms with Crippen molar-refractivity contribution in [3.05, 3.63) is 20.8 Å². The number of hydrogen-bond acceptors (Lipinski definition) is 8. The van der Waals surface area contributed by atoms with E-state index in [-0.39, 0.29) is 35.9 Å². The summed E-state index contributed by atoms with van der Waals surface area (Å²) in [4.78, 5) is 47.9. The lowest BCUT2D eigenvalue weighted by atomic mass is 10.1. The third-order valence-electron chi connectivity index (χ3n) is 7.55. The maximum absolute atomic E-state index is 13.8. The van der Waals surface area contributed by atoms with Gasteiger partial charge in [0.05, 0.1) is 0 Å². The Kier molecular flexibility index (Phi) is 7.67. The molecule has 0 amide bonds. The Labute approximate surface area is 213 Å². The molecule has 4 rings (SSSR count). The molecule has 3 aliphatic heterocycles. The van der Waals surface area contributed by atoms with Gasteiger partial charge in [-0.15, -0.1) is 5.06 Å². The Balaban J connectivity index is 1.89. The summed E-state index contributed by atoms with van der Waals surface area (Å²) in [7, 11) is 1.40. The Bertz CT molecular complexity index is 1130. The average molecular weight is 531 g/mol. The molecular weight excluding hydrogens is 493 g/mol. The van der Waals surface area contributed by atoms with E-state index in [1.54, 1.807) is 4.90 Å². The fraction of sp³-hybridized carbons (Fsp3) is 0.792. The van der Waals surface area contributed by atoms with Crippen molar-refractivity contribution in [2.75, 3.05) is 36.1 Å². The highest BCUT2D eigenvalue weighted by Crippen LogP contribution is 2.42. The van der Waals surface area contributed by atoms with Crippen LogP contribution in [0.3, 0.4) is 0 Å². The number of hydrogen-bond donors (Lipinski definition) is 1. The van der Waals surface area contributed by atoms with E-state index in [2.05, 4.69) is 5.32 Å². The third-order valence-corrected chi connectivity index (χ3v) is 7.55. The zero-order valence-corrected chi connectivity index (χ0v) is 22.0. The standard InChI is InChI=1S/C24H37F3N6O4/c1-14(2)6-9-31-18-19(29(5)23(36)32(20(18)34)10-7-15(3)4)33(37-21(35)24(25,26)27)22(31)30-11-8-16-12-28-13-17(16)30/h14-17,22,28H,6-13H2,1-5H3. The van der Waals surface area contributed by atoms with E-state index >= 15 is 0 Å². The number of alkyl halides is 3. The van der Waals surface area contributed by atoms with Gasteiger partial charge in [0.1, 0.15) is 0 Å². The Morgan fingerprint density at radius 3 is 2.35 bits per heavy atom. The largest absolute Gasteiger partial charge is 0.493 e. The minimum absolute atomic E-state index is 0.00635. The normalized spacial score (nSPS) is 23.9. The third kappa shape index (κ3) is 5.12. The number of carbonyl (C=O) groups excluding carboxylic acids is 1. The van der Waals surface area contributed by atoms with E-state index in [0.717, 1.165) is 27.2 Å². The van der Waals surface area contributed by atoms with Crippen molar-refractivity contribution in [3.8, 4) is 0 Å². The molecule has 0 spiro atoms. The van der Waals surface area contributed by atoms with Crippen LogP contribution in [0.2, 0.25) is 0 Å². The smallest absolute Gasteiger partial charge is 0.329 e. The topological polar surface area (TPSA) is 92.0 Å². The number of fused-ring (bicyclic) bond motifs is 2. The van der Waals surface area contributed by atoms with E-state index in [0.29, 0.717) is 38.4 Å². The predicted molar refractivity (Wildman–Crippen MR) is 132 cm³/mol. The monoisotopic (exact) mass is 530 g/mol. The first kappa shape index (κ1) is 27.5. The van der Waals surface area contributed by atoms with Gasteiger partial charge in [-0.1, -0.05) is 27.7 Å². The van der Waals surface area contributed by atoms with Crippen LogP contribution in [0.25, 0.3) is 0 Å². The van der Waals surface area contributed by atoms with Gasteiger partial charge in [0.15, 0.2) is 17.8 Å². The van der Waals surface area contributed by atoms with Crippen molar-refractivity contribution in [2.45, 2.75) is 72.0 Å². The molecule has 0 aliphatic carbocycles. The highest BCUT2D eigenvalue weighted by Gasteiger charge is 2.54. The zero-order chi connectivity index (χ0) is 27.2. The maximum Gasteiger partial charge on any atom is 0.493 e. The highest BCUT2D eigenvalue weighted by molar-refractivity contribution is 5.80. The Hall–Kier alpha value is -2.54. The second kappa shape index (κ2) is 10.3. The van der Waals surface area contributed by atoms with E-state index in [1.165, 1.54) is 7.05 Å². The van der Waals surface area contributed by atoms with Crippen LogP contribution in [0, 0.1) is 17.8 Å². The van der Waals surface area contributed by atoms with E-state index in [4.69, 9.17) is 4.84 Å². The number of carbonyl (C=O) groups is 1. The second-order valence-corrected chi connectivity index (χ2v) is 11.1. The van der Waals surface area contributed by atoms with Crippen molar-refractivity contribution in [3.63, 3.8) is 0 Å². The molecule has 2 saturated heterocycles. The molecule has 0 bridgehead atoms. The summed E-state index contributed by atoms with van der Waals surface area (Å²) in [6.45, 7) is 10.5. The fourth-order valence-electron chi connectivity index (χ4n) is 5.52. The van der Waals surface area contributed by atoms with Crippen molar-refractivity contribution in [2.24, 2.45) is 24.8 Å². The van der Waals surface area contributed by atoms with Crippen LogP contribution in [0.5, 0.6) is 0 Å². The van der Waals surface area contributed by atoms with Crippen LogP contribution < -0.4 is 26.5 Å². The molecule has 1 aromatic rings. The number of nitrogens with zero attached hydrogens (tertiary/aromatic N) is 5. The molecule has 2 fully saturated rings. The first-order valence-electron chi connectivity index (χ1n) is 13.0. The van der Waals surface area contributed by atoms with Crippen LogP contribution >= 0.6 is 0 Å². The summed E-state index contributed by atoms with van der Waals surface area (Å²) >= 11 is 0. The van der Waals surface area contributed by atoms with Crippen LogP contribution in [-0.4, -0.2) is 64.7 Å². The molecule has 3 aliphatic rings. The number of hydroxylamine groups is 1. The maximum atomic E-state index is 13.8. The van der Waals surface area contributed by atoms with Gasteiger partial charge in [0, 0.05) is 39.3 Å². The Morgan fingerprint density at radius 2 is 1.73 bits per heavy atom. The van der Waals surface area contributed by atoms with E-state index < -0.39 is 29.7 Å². The number of nitrogens with one attached hydrogen (secondary N) is 1. The van der Waals surface area contributed by atoms with Gasteiger partial charge in [-0.3, -0.25) is 18.8 Å². The quantitative estimate of drug-likeness (QED) is 0.545. The predicted octanol–water partition coefficient (Wildman–Crippen LogP) is 1.86. The number of rotatable bonds is 8. The number of anilines is 2. The fourth-order valence-corrected chi connectivity index (χ4v) is 5.52. The summed E-state index contributed by atoms with van der Waals surface area (Å²) in [5.41, 5.74) is -1.16. The van der Waals surface area contributed by atoms with Gasteiger partial charge in [-0.2, -0.15) is 13.2 Å². The minimum Gasteiger partial charge on any atom is -0.329 e. The SMILES string of the molecule is CC(C)CCN1c2c(n(C)c(=O)n(CCC(C)C)c2=O)N(OC(=O)C(F)(F)F)C1N1CCC2CNCC21. The number of aromatic nitrogens is 2. The van der Waals surface area contributed by atoms with Crippen molar-refractivity contribution in [1.82, 2.24) is 19.4 Å². The summed E-state index contributed by atoms with van der Waals surface area (Å²) in [6, 6.07) is -0.00635. The molecule has 3 unspecified atom stereocenters.